The number of aromatic nitrogens is 3. The van der Waals surface area contributed by atoms with Gasteiger partial charge in [-0.2, -0.15) is 0 Å². The standard InChI is InChI=1S/C54H35N3/c1-3-15-36(16-4-1)37-17-13-20-41(33-37)55-48-25-10-8-22-43(48)46-34-38(29-31-51(46)55)39-30-32-52-47(35-39)44-23-9-12-27-50(44)57(52)53-28-14-24-45-42-21-7-11-26-49(42)56(54(45)53)40-18-5-2-6-19-40/h1-35H/i2D,5D,6D,8D,9D,10D,12D,18D,19D,22D,23D,25D,27D,29D,30D,31D,32D,34D,35D. The first-order valence-corrected chi connectivity index (χ1v) is 18.1. The molecule has 0 aliphatic carbocycles. The molecule has 0 N–H and O–H groups in total. The van der Waals surface area contributed by atoms with Gasteiger partial charge in [0.2, 0.25) is 0 Å². The van der Waals surface area contributed by atoms with Crippen molar-refractivity contribution >= 4 is 65.4 Å². The zero-order valence-corrected chi connectivity index (χ0v) is 29.6. The quantitative estimate of drug-likeness (QED) is 0.167. The van der Waals surface area contributed by atoms with Crippen LogP contribution in [-0.4, -0.2) is 13.7 Å². The fourth-order valence-electron chi connectivity index (χ4n) is 8.00. The Morgan fingerprint density at radius 3 is 1.65 bits per heavy atom. The second-order valence-corrected chi connectivity index (χ2v) is 13.5. The van der Waals surface area contributed by atoms with Crippen LogP contribution in [-0.2, 0) is 0 Å². The Bertz CT molecular complexity index is 4600. The molecule has 0 aliphatic rings. The van der Waals surface area contributed by atoms with Crippen molar-refractivity contribution < 1.29 is 26.0 Å². The monoisotopic (exact) mass is 744 g/mol. The minimum Gasteiger partial charge on any atom is -0.309 e. The summed E-state index contributed by atoms with van der Waals surface area (Å²) in [4.78, 5) is 0. The lowest BCUT2D eigenvalue weighted by Gasteiger charge is -2.14. The molecule has 3 aromatic heterocycles. The molecule has 9 aromatic carbocycles. The van der Waals surface area contributed by atoms with Crippen molar-refractivity contribution in [3.8, 4) is 39.3 Å². The van der Waals surface area contributed by atoms with E-state index in [1.54, 1.807) is 60.7 Å². The SMILES string of the molecule is [2H]c1c([2H])c([2H])c(-n2c3ccccc3c3cccc(-n4c5c([2H])c([2H])c([2H])c([2H])c5c5c([2H])c(-c6c([2H])c([2H])c7c(c6[2H])c6c([2H])c([2H])c([2H])c([2H])c6n7-c6cccc(-c7ccccc7)c6)c([2H])c([2H])c54)c32)c([2H])c1[2H]. The number of fused-ring (bicyclic) bond motifs is 9. The van der Waals surface area contributed by atoms with Gasteiger partial charge in [0.1, 0.15) is 0 Å². The van der Waals surface area contributed by atoms with Crippen LogP contribution >= 0.6 is 0 Å². The van der Waals surface area contributed by atoms with Crippen LogP contribution in [0.4, 0.5) is 0 Å². The third-order valence-corrected chi connectivity index (χ3v) is 10.4. The molecule has 0 aliphatic heterocycles. The largest absolute Gasteiger partial charge is 0.309 e. The summed E-state index contributed by atoms with van der Waals surface area (Å²) in [5.74, 6) is 0. The Morgan fingerprint density at radius 2 is 0.895 bits per heavy atom. The molecule has 0 radical (unpaired) electrons. The number of rotatable bonds is 5. The molecule has 0 unspecified atom stereocenters. The highest BCUT2D eigenvalue weighted by Crippen LogP contribution is 2.41. The molecule has 0 saturated heterocycles. The van der Waals surface area contributed by atoms with E-state index in [1.165, 1.54) is 13.7 Å². The molecule has 0 spiro atoms. The van der Waals surface area contributed by atoms with Crippen molar-refractivity contribution in [2.75, 3.05) is 0 Å². The first-order chi connectivity index (χ1) is 36.2. The summed E-state index contributed by atoms with van der Waals surface area (Å²) in [5.41, 5.74) is 0.445. The molecular formula is C54H35N3. The van der Waals surface area contributed by atoms with Crippen molar-refractivity contribution in [1.29, 1.82) is 0 Å². The fraction of sp³-hybridized carbons (Fsp3) is 0. The van der Waals surface area contributed by atoms with Crippen LogP contribution in [0, 0.1) is 0 Å². The van der Waals surface area contributed by atoms with Crippen LogP contribution in [0.2, 0.25) is 0 Å². The smallest absolute Gasteiger partial charge is 0.0782 e. The highest BCUT2D eigenvalue weighted by Gasteiger charge is 2.21. The van der Waals surface area contributed by atoms with Crippen molar-refractivity contribution in [2.24, 2.45) is 0 Å². The van der Waals surface area contributed by atoms with Crippen molar-refractivity contribution in [2.45, 2.75) is 0 Å². The highest BCUT2D eigenvalue weighted by molar-refractivity contribution is 6.16. The lowest BCUT2D eigenvalue weighted by Crippen LogP contribution is -2.00. The third-order valence-electron chi connectivity index (χ3n) is 10.4. The Morgan fingerprint density at radius 1 is 0.316 bits per heavy atom. The highest BCUT2D eigenvalue weighted by atomic mass is 15.1. The van der Waals surface area contributed by atoms with E-state index in [1.807, 2.05) is 36.4 Å². The molecule has 0 amide bonds. The average Bonchev–Trinajstić information content (AvgIpc) is 4.26. The van der Waals surface area contributed by atoms with Crippen LogP contribution in [0.25, 0.3) is 105 Å². The second kappa shape index (κ2) is 12.5. The van der Waals surface area contributed by atoms with E-state index < -0.39 is 126 Å². The maximum Gasteiger partial charge on any atom is 0.0782 e. The number of benzene rings is 9. The fourth-order valence-corrected chi connectivity index (χ4v) is 8.00. The van der Waals surface area contributed by atoms with Gasteiger partial charge in [-0.15, -0.1) is 0 Å². The average molecular weight is 745 g/mol. The molecule has 12 rings (SSSR count). The van der Waals surface area contributed by atoms with Crippen molar-refractivity contribution in [3.05, 3.63) is 212 Å². The number of hydrogen-bond acceptors (Lipinski definition) is 0. The van der Waals surface area contributed by atoms with E-state index in [0.717, 1.165) is 5.56 Å². The first-order valence-electron chi connectivity index (χ1n) is 27.6. The van der Waals surface area contributed by atoms with E-state index in [9.17, 15) is 13.7 Å². The lowest BCUT2D eigenvalue weighted by atomic mass is 10.0. The molecule has 0 atom stereocenters. The van der Waals surface area contributed by atoms with Crippen LogP contribution in [0.3, 0.4) is 0 Å². The van der Waals surface area contributed by atoms with E-state index >= 15 is 0 Å². The molecule has 266 valence electrons. The normalized spacial score (nSPS) is 16.5. The van der Waals surface area contributed by atoms with Gasteiger partial charge in [-0.25, -0.2) is 0 Å². The predicted octanol–water partition coefficient (Wildman–Crippen LogP) is 14.3. The predicted molar refractivity (Wildman–Crippen MR) is 240 cm³/mol. The van der Waals surface area contributed by atoms with E-state index in [4.69, 9.17) is 12.3 Å². The Kier molecular flexibility index (Phi) is 4.01. The summed E-state index contributed by atoms with van der Waals surface area (Å²) in [6.07, 6.45) is 0. The van der Waals surface area contributed by atoms with E-state index in [-0.39, 0.29) is 60.5 Å². The Balaban J connectivity index is 1.24. The first kappa shape index (κ1) is 18.3. The van der Waals surface area contributed by atoms with Gasteiger partial charge >= 0.3 is 0 Å². The summed E-state index contributed by atoms with van der Waals surface area (Å²) in [6, 6.07) is 16.2. The van der Waals surface area contributed by atoms with Gasteiger partial charge in [-0.05, 0) is 94.9 Å². The van der Waals surface area contributed by atoms with Gasteiger partial charge in [0, 0.05) is 43.7 Å². The van der Waals surface area contributed by atoms with Gasteiger partial charge in [-0.3, -0.25) is 0 Å². The van der Waals surface area contributed by atoms with Gasteiger partial charge in [0.15, 0.2) is 0 Å². The van der Waals surface area contributed by atoms with Crippen molar-refractivity contribution in [3.63, 3.8) is 0 Å². The molecular weight excluding hydrogens is 691 g/mol. The van der Waals surface area contributed by atoms with Gasteiger partial charge in [0.05, 0.1) is 64.8 Å². The second-order valence-electron chi connectivity index (χ2n) is 13.5. The lowest BCUT2D eigenvalue weighted by molar-refractivity contribution is 1.13. The van der Waals surface area contributed by atoms with E-state index in [0.29, 0.717) is 27.5 Å². The zero-order valence-electron chi connectivity index (χ0n) is 48.6. The van der Waals surface area contributed by atoms with Gasteiger partial charge in [0.25, 0.3) is 0 Å². The molecule has 3 nitrogen and oxygen atoms in total. The minimum atomic E-state index is -0.753. The molecule has 0 bridgehead atoms. The summed E-state index contributed by atoms with van der Waals surface area (Å²) in [7, 11) is 0. The number of para-hydroxylation sites is 5. The summed E-state index contributed by atoms with van der Waals surface area (Å²) in [5, 5.41) is 0.0705. The maximum absolute atomic E-state index is 10.1. The van der Waals surface area contributed by atoms with Crippen LogP contribution in [0.15, 0.2) is 212 Å². The van der Waals surface area contributed by atoms with Gasteiger partial charge in [-0.1, -0.05) is 139 Å². The molecule has 57 heavy (non-hydrogen) atoms. The van der Waals surface area contributed by atoms with Crippen LogP contribution < -0.4 is 0 Å². The van der Waals surface area contributed by atoms with Crippen LogP contribution in [0.1, 0.15) is 26.0 Å². The third kappa shape index (κ3) is 4.79. The summed E-state index contributed by atoms with van der Waals surface area (Å²) < 4.78 is 180. The topological polar surface area (TPSA) is 14.8 Å². The molecule has 0 saturated carbocycles. The summed E-state index contributed by atoms with van der Waals surface area (Å²) >= 11 is 0. The Hall–Kier alpha value is -7.62. The number of hydrogen-bond donors (Lipinski definition) is 0. The number of nitrogens with zero attached hydrogens (tertiary/aromatic N) is 3. The van der Waals surface area contributed by atoms with Crippen molar-refractivity contribution in [1.82, 2.24) is 13.7 Å². The summed E-state index contributed by atoms with van der Waals surface area (Å²) in [6.45, 7) is 0. The molecule has 0 fully saturated rings. The molecule has 3 heterocycles. The van der Waals surface area contributed by atoms with Crippen LogP contribution in [0.5, 0.6) is 0 Å². The van der Waals surface area contributed by atoms with Gasteiger partial charge < -0.3 is 13.7 Å². The molecule has 3 heteroatoms. The Labute approximate surface area is 356 Å². The zero-order chi connectivity index (χ0) is 54.0. The minimum absolute atomic E-state index is 0.0705. The maximum atomic E-state index is 10.1. The van der Waals surface area contributed by atoms with E-state index in [2.05, 4.69) is 0 Å². The molecule has 12 aromatic rings.